The zero-order valence-electron chi connectivity index (χ0n) is 10.3. The quantitative estimate of drug-likeness (QED) is 0.814. The summed E-state index contributed by atoms with van der Waals surface area (Å²) in [4.78, 5) is 16.3. The highest BCUT2D eigenvalue weighted by molar-refractivity contribution is 9.10. The molecule has 1 aromatic rings. The average molecular weight is 356 g/mol. The highest BCUT2D eigenvalue weighted by atomic mass is 79.9. The third kappa shape index (κ3) is 6.83. The van der Waals surface area contributed by atoms with Crippen LogP contribution in [0.4, 0.5) is 19.0 Å². The molecule has 20 heavy (non-hydrogen) atoms. The smallest absolute Gasteiger partial charge is 0.395 e. The highest BCUT2D eigenvalue weighted by Gasteiger charge is 2.31. The Morgan fingerprint density at radius 2 is 2.15 bits per heavy atom. The summed E-state index contributed by atoms with van der Waals surface area (Å²) in [5.41, 5.74) is 0. The van der Waals surface area contributed by atoms with Crippen molar-refractivity contribution < 1.29 is 23.1 Å². The summed E-state index contributed by atoms with van der Waals surface area (Å²) < 4.78 is 37.6. The van der Waals surface area contributed by atoms with Gasteiger partial charge < -0.3 is 10.4 Å². The number of halogens is 4. The Kier molecular flexibility index (Phi) is 6.37. The molecule has 0 unspecified atom stereocenters. The predicted molar refractivity (Wildman–Crippen MR) is 70.1 cm³/mol. The summed E-state index contributed by atoms with van der Waals surface area (Å²) in [5, 5.41) is 11.1. The number of aliphatic hydroxyl groups excluding tert-OH is 1. The molecule has 0 bridgehead atoms. The fraction of sp³-hybridized carbons (Fsp3) is 0.455. The van der Waals surface area contributed by atoms with Gasteiger partial charge in [0.05, 0.1) is 19.7 Å². The van der Waals surface area contributed by atoms with Crippen LogP contribution in [-0.2, 0) is 4.79 Å². The maximum atomic E-state index is 12.3. The number of carbonyl (C=O) groups is 1. The van der Waals surface area contributed by atoms with Gasteiger partial charge in [-0.15, -0.1) is 0 Å². The Morgan fingerprint density at radius 3 is 2.65 bits per heavy atom. The van der Waals surface area contributed by atoms with Crippen LogP contribution in [0.15, 0.2) is 22.8 Å². The van der Waals surface area contributed by atoms with Gasteiger partial charge in [-0.2, -0.15) is 13.2 Å². The predicted octanol–water partition coefficient (Wildman–Crippen LogP) is 1.64. The lowest BCUT2D eigenvalue weighted by Gasteiger charge is -2.21. The Labute approximate surface area is 121 Å². The number of nitrogens with one attached hydrogen (secondary N) is 1. The van der Waals surface area contributed by atoms with Gasteiger partial charge in [0.25, 0.3) is 0 Å². The number of nitrogens with zero attached hydrogens (tertiary/aromatic N) is 2. The van der Waals surface area contributed by atoms with Crippen LogP contribution >= 0.6 is 15.9 Å². The third-order valence-corrected chi connectivity index (χ3v) is 2.65. The van der Waals surface area contributed by atoms with Crippen LogP contribution in [-0.4, -0.2) is 53.3 Å². The lowest BCUT2D eigenvalue weighted by molar-refractivity contribution is -0.148. The lowest BCUT2D eigenvalue weighted by Crippen LogP contribution is -2.41. The number of aromatic nitrogens is 1. The summed E-state index contributed by atoms with van der Waals surface area (Å²) in [5.74, 6) is -0.383. The standard InChI is InChI=1S/C11H13BrF3N3O2/c12-8-1-2-9(16-5-8)17-10(20)6-18(3-4-19)7-11(13,14)15/h1-2,5,19H,3-4,6-7H2,(H,16,17,20). The first-order valence-corrected chi connectivity index (χ1v) is 6.41. The molecule has 0 aliphatic carbocycles. The van der Waals surface area contributed by atoms with Gasteiger partial charge in [-0.1, -0.05) is 0 Å². The SMILES string of the molecule is O=C(CN(CCO)CC(F)(F)F)Nc1ccc(Br)cn1. The molecule has 0 aliphatic heterocycles. The molecular formula is C11H13BrF3N3O2. The van der Waals surface area contributed by atoms with Gasteiger partial charge >= 0.3 is 6.18 Å². The molecule has 0 fully saturated rings. The van der Waals surface area contributed by atoms with E-state index in [-0.39, 0.29) is 12.4 Å². The van der Waals surface area contributed by atoms with Crippen molar-refractivity contribution in [1.29, 1.82) is 0 Å². The van der Waals surface area contributed by atoms with Crippen LogP contribution in [0.3, 0.4) is 0 Å². The van der Waals surface area contributed by atoms with Gasteiger partial charge in [-0.3, -0.25) is 9.69 Å². The second kappa shape index (κ2) is 7.55. The molecule has 5 nitrogen and oxygen atoms in total. The summed E-state index contributed by atoms with van der Waals surface area (Å²) in [6.45, 7) is -2.42. The first-order chi connectivity index (χ1) is 9.30. The molecule has 9 heteroatoms. The van der Waals surface area contributed by atoms with E-state index in [9.17, 15) is 18.0 Å². The van der Waals surface area contributed by atoms with E-state index in [1.54, 1.807) is 6.07 Å². The molecule has 0 radical (unpaired) electrons. The average Bonchev–Trinajstić information content (AvgIpc) is 2.30. The van der Waals surface area contributed by atoms with Crippen LogP contribution in [0.2, 0.25) is 0 Å². The van der Waals surface area contributed by atoms with Crippen molar-refractivity contribution in [2.24, 2.45) is 0 Å². The largest absolute Gasteiger partial charge is 0.401 e. The molecule has 0 saturated carbocycles. The summed E-state index contributed by atoms with van der Waals surface area (Å²) in [7, 11) is 0. The fourth-order valence-electron chi connectivity index (χ4n) is 1.44. The zero-order valence-corrected chi connectivity index (χ0v) is 11.9. The maximum absolute atomic E-state index is 12.3. The van der Waals surface area contributed by atoms with Gasteiger partial charge in [0.15, 0.2) is 0 Å². The van der Waals surface area contributed by atoms with Gasteiger partial charge in [-0.25, -0.2) is 4.98 Å². The van der Waals surface area contributed by atoms with Gasteiger partial charge in [0, 0.05) is 17.2 Å². The number of carbonyl (C=O) groups excluding carboxylic acids is 1. The Balaban J connectivity index is 2.55. The Bertz CT molecular complexity index is 440. The fourth-order valence-corrected chi connectivity index (χ4v) is 1.68. The number of hydrogen-bond donors (Lipinski definition) is 2. The van der Waals surface area contributed by atoms with Crippen LogP contribution in [0.5, 0.6) is 0 Å². The number of alkyl halides is 3. The van der Waals surface area contributed by atoms with E-state index in [1.165, 1.54) is 12.3 Å². The monoisotopic (exact) mass is 355 g/mol. The Hall–Kier alpha value is -1.19. The first-order valence-electron chi connectivity index (χ1n) is 5.61. The minimum Gasteiger partial charge on any atom is -0.395 e. The van der Waals surface area contributed by atoms with E-state index in [1.807, 2.05) is 0 Å². The van der Waals surface area contributed by atoms with Crippen molar-refractivity contribution in [2.45, 2.75) is 6.18 Å². The summed E-state index contributed by atoms with van der Waals surface area (Å²) >= 11 is 3.17. The van der Waals surface area contributed by atoms with Crippen LogP contribution < -0.4 is 5.32 Å². The van der Waals surface area contributed by atoms with Crippen LogP contribution in [0, 0.1) is 0 Å². The van der Waals surface area contributed by atoms with Gasteiger partial charge in [-0.05, 0) is 28.1 Å². The van der Waals surface area contributed by atoms with Gasteiger partial charge in [0.2, 0.25) is 5.91 Å². The molecule has 1 aromatic heterocycles. The minimum atomic E-state index is -4.43. The zero-order chi connectivity index (χ0) is 15.2. The molecular weight excluding hydrogens is 343 g/mol. The van der Waals surface area contributed by atoms with E-state index < -0.39 is 31.8 Å². The molecule has 1 amide bonds. The van der Waals surface area contributed by atoms with E-state index >= 15 is 0 Å². The van der Waals surface area contributed by atoms with Gasteiger partial charge in [0.1, 0.15) is 5.82 Å². The summed E-state index contributed by atoms with van der Waals surface area (Å²) in [6.07, 6.45) is -2.97. The highest BCUT2D eigenvalue weighted by Crippen LogP contribution is 2.16. The number of aliphatic hydroxyl groups is 1. The topological polar surface area (TPSA) is 65.5 Å². The minimum absolute atomic E-state index is 0.235. The summed E-state index contributed by atoms with van der Waals surface area (Å²) in [6, 6.07) is 3.16. The molecule has 1 rings (SSSR count). The molecule has 112 valence electrons. The second-order valence-electron chi connectivity index (χ2n) is 3.96. The van der Waals surface area contributed by atoms with E-state index in [2.05, 4.69) is 26.2 Å². The van der Waals surface area contributed by atoms with Crippen molar-refractivity contribution in [1.82, 2.24) is 9.88 Å². The second-order valence-corrected chi connectivity index (χ2v) is 4.87. The van der Waals surface area contributed by atoms with E-state index in [4.69, 9.17) is 5.11 Å². The normalized spacial score (nSPS) is 11.7. The number of anilines is 1. The maximum Gasteiger partial charge on any atom is 0.401 e. The number of rotatable bonds is 6. The third-order valence-electron chi connectivity index (χ3n) is 2.18. The molecule has 2 N–H and O–H groups in total. The van der Waals surface area contributed by atoms with E-state index in [0.29, 0.717) is 0 Å². The lowest BCUT2D eigenvalue weighted by atomic mass is 10.4. The molecule has 0 aliphatic rings. The van der Waals surface area contributed by atoms with Crippen LogP contribution in [0.1, 0.15) is 0 Å². The molecule has 0 saturated heterocycles. The first kappa shape index (κ1) is 16.9. The molecule has 1 heterocycles. The number of hydrogen-bond acceptors (Lipinski definition) is 4. The van der Waals surface area contributed by atoms with Crippen molar-refractivity contribution in [3.8, 4) is 0 Å². The van der Waals surface area contributed by atoms with Crippen molar-refractivity contribution in [3.05, 3.63) is 22.8 Å². The molecule has 0 spiro atoms. The van der Waals surface area contributed by atoms with Crippen molar-refractivity contribution >= 4 is 27.7 Å². The Morgan fingerprint density at radius 1 is 1.45 bits per heavy atom. The number of amides is 1. The van der Waals surface area contributed by atoms with Crippen molar-refractivity contribution in [2.75, 3.05) is 31.6 Å². The van der Waals surface area contributed by atoms with E-state index in [0.717, 1.165) is 9.37 Å². The molecule has 0 atom stereocenters. The molecule has 0 aromatic carbocycles. The van der Waals surface area contributed by atoms with Crippen molar-refractivity contribution in [3.63, 3.8) is 0 Å². The number of pyridine rings is 1. The van der Waals surface area contributed by atoms with Crippen LogP contribution in [0.25, 0.3) is 0 Å².